The molecule has 0 aromatic heterocycles. The molecule has 1 atom stereocenters. The number of likely N-dealkylation sites (tertiary alicyclic amines) is 2. The van der Waals surface area contributed by atoms with E-state index in [0.717, 1.165) is 49.2 Å². The van der Waals surface area contributed by atoms with Gasteiger partial charge in [0, 0.05) is 54.0 Å². The number of carbonyl (C=O) groups is 2. The second-order valence-electron chi connectivity index (χ2n) is 9.83. The second-order valence-corrected chi connectivity index (χ2v) is 10.7. The van der Waals surface area contributed by atoms with E-state index in [4.69, 9.17) is 23.2 Å². The Kier molecular flexibility index (Phi) is 8.37. The fourth-order valence-electron chi connectivity index (χ4n) is 5.40. The Labute approximate surface area is 238 Å². The Bertz CT molecular complexity index is 1380. The number of carbonyl (C=O) groups excluding carboxylic acids is 2. The first-order valence-electron chi connectivity index (χ1n) is 13.1. The molecular formula is C30H29Cl2N5O2. The maximum absolute atomic E-state index is 13.6. The molecule has 0 spiro atoms. The summed E-state index contributed by atoms with van der Waals surface area (Å²) < 4.78 is 0. The molecule has 2 aliphatic rings. The maximum atomic E-state index is 13.6. The molecule has 3 amide bonds. The molecule has 3 aromatic rings. The first-order valence-corrected chi connectivity index (χ1v) is 13.9. The SMILES string of the molecule is N#Cc1cccc(-c2ccc(N(CCN3CCC[C@H]3N3CCCC3=O)C(=O)Nc3cc(Cl)cc(Cl)c3)cc2)c1. The smallest absolute Gasteiger partial charge is 0.326 e. The molecular weight excluding hydrogens is 533 g/mol. The van der Waals surface area contributed by atoms with Gasteiger partial charge in [0.2, 0.25) is 5.91 Å². The number of nitrogens with zero attached hydrogens (tertiary/aromatic N) is 4. The predicted octanol–water partition coefficient (Wildman–Crippen LogP) is 6.61. The molecule has 0 saturated carbocycles. The minimum absolute atomic E-state index is 0.0893. The molecule has 39 heavy (non-hydrogen) atoms. The number of nitrogens with one attached hydrogen (secondary N) is 1. The zero-order chi connectivity index (χ0) is 27.4. The Balaban J connectivity index is 1.37. The molecule has 7 nitrogen and oxygen atoms in total. The average molecular weight is 563 g/mol. The highest BCUT2D eigenvalue weighted by Crippen LogP contribution is 2.28. The van der Waals surface area contributed by atoms with Gasteiger partial charge in [-0.05, 0) is 72.9 Å². The fraction of sp³-hybridized carbons (Fsp3) is 0.300. The number of benzene rings is 3. The van der Waals surface area contributed by atoms with Crippen LogP contribution in [0.4, 0.5) is 16.2 Å². The molecule has 9 heteroatoms. The molecule has 5 rings (SSSR count). The summed E-state index contributed by atoms with van der Waals surface area (Å²) in [5, 5.41) is 13.0. The molecule has 0 unspecified atom stereocenters. The van der Waals surface area contributed by atoms with Crippen molar-refractivity contribution >= 4 is 46.5 Å². The van der Waals surface area contributed by atoms with Gasteiger partial charge in [0.15, 0.2) is 0 Å². The summed E-state index contributed by atoms with van der Waals surface area (Å²) in [4.78, 5) is 32.0. The lowest BCUT2D eigenvalue weighted by molar-refractivity contribution is -0.132. The van der Waals surface area contributed by atoms with Crippen molar-refractivity contribution in [1.82, 2.24) is 9.80 Å². The number of nitriles is 1. The van der Waals surface area contributed by atoms with Gasteiger partial charge in [-0.1, -0.05) is 47.5 Å². The first-order chi connectivity index (χ1) is 18.9. The van der Waals surface area contributed by atoms with Gasteiger partial charge < -0.3 is 10.2 Å². The lowest BCUT2D eigenvalue weighted by Crippen LogP contribution is -2.48. The Morgan fingerprint density at radius 3 is 2.46 bits per heavy atom. The number of halogens is 2. The third kappa shape index (κ3) is 6.36. The quantitative estimate of drug-likeness (QED) is 0.351. The number of urea groups is 1. The van der Waals surface area contributed by atoms with E-state index in [1.54, 1.807) is 29.2 Å². The number of anilines is 2. The minimum atomic E-state index is -0.305. The molecule has 2 fully saturated rings. The highest BCUT2D eigenvalue weighted by molar-refractivity contribution is 6.35. The van der Waals surface area contributed by atoms with Crippen LogP contribution < -0.4 is 10.2 Å². The largest absolute Gasteiger partial charge is 0.327 e. The highest BCUT2D eigenvalue weighted by Gasteiger charge is 2.35. The summed E-state index contributed by atoms with van der Waals surface area (Å²) >= 11 is 12.3. The molecule has 2 heterocycles. The number of rotatable bonds is 7. The second kappa shape index (κ2) is 12.1. The molecule has 1 N–H and O–H groups in total. The van der Waals surface area contributed by atoms with Crippen molar-refractivity contribution in [3.63, 3.8) is 0 Å². The van der Waals surface area contributed by atoms with Gasteiger partial charge in [0.05, 0.1) is 17.8 Å². The number of amides is 3. The topological polar surface area (TPSA) is 79.7 Å². The van der Waals surface area contributed by atoms with Gasteiger partial charge in [-0.3, -0.25) is 14.6 Å². The van der Waals surface area contributed by atoms with E-state index in [9.17, 15) is 14.9 Å². The summed E-state index contributed by atoms with van der Waals surface area (Å²) in [6, 6.07) is 21.9. The highest BCUT2D eigenvalue weighted by atomic mass is 35.5. The number of hydrogen-bond donors (Lipinski definition) is 1. The van der Waals surface area contributed by atoms with Crippen LogP contribution in [0, 0.1) is 11.3 Å². The van der Waals surface area contributed by atoms with Gasteiger partial charge in [-0.25, -0.2) is 4.79 Å². The van der Waals surface area contributed by atoms with Crippen molar-refractivity contribution in [2.45, 2.75) is 31.8 Å². The van der Waals surface area contributed by atoms with Crippen LogP contribution in [0.3, 0.4) is 0 Å². The average Bonchev–Trinajstić information content (AvgIpc) is 3.57. The lowest BCUT2D eigenvalue weighted by atomic mass is 10.0. The van der Waals surface area contributed by atoms with Crippen molar-refractivity contribution in [3.8, 4) is 17.2 Å². The van der Waals surface area contributed by atoms with Crippen LogP contribution in [0.2, 0.25) is 10.0 Å². The summed E-state index contributed by atoms with van der Waals surface area (Å²) in [5.74, 6) is 0.218. The van der Waals surface area contributed by atoms with Crippen LogP contribution in [0.1, 0.15) is 31.2 Å². The molecule has 2 aliphatic heterocycles. The third-order valence-electron chi connectivity index (χ3n) is 7.27. The van der Waals surface area contributed by atoms with E-state index in [2.05, 4.69) is 16.3 Å². The lowest BCUT2D eigenvalue weighted by Gasteiger charge is -2.34. The summed E-state index contributed by atoms with van der Waals surface area (Å²) in [7, 11) is 0. The van der Waals surface area contributed by atoms with E-state index in [-0.39, 0.29) is 18.1 Å². The standard InChI is InChI=1S/C30H29Cl2N5O2/c31-24-17-25(32)19-26(18-24)34-30(39)36(15-14-35-12-2-6-28(35)37-13-3-7-29(37)38)27-10-8-22(9-11-27)23-5-1-4-21(16-23)20-33/h1,4-5,8-11,16-19,28H,2-3,6-7,12-15H2,(H,34,39)/t28-/m1/s1. The molecule has 2 saturated heterocycles. The van der Waals surface area contributed by atoms with Gasteiger partial charge in [-0.15, -0.1) is 0 Å². The van der Waals surface area contributed by atoms with E-state index >= 15 is 0 Å². The first kappa shape index (κ1) is 27.0. The van der Waals surface area contributed by atoms with Gasteiger partial charge in [0.25, 0.3) is 0 Å². The molecule has 0 radical (unpaired) electrons. The van der Waals surface area contributed by atoms with Crippen molar-refractivity contribution in [2.24, 2.45) is 0 Å². The van der Waals surface area contributed by atoms with Crippen LogP contribution in [-0.4, -0.2) is 54.1 Å². The van der Waals surface area contributed by atoms with Gasteiger partial charge >= 0.3 is 6.03 Å². The van der Waals surface area contributed by atoms with Gasteiger partial charge in [0.1, 0.15) is 0 Å². The van der Waals surface area contributed by atoms with Crippen molar-refractivity contribution in [1.29, 1.82) is 5.26 Å². The Hall–Kier alpha value is -3.57. The van der Waals surface area contributed by atoms with Crippen molar-refractivity contribution < 1.29 is 9.59 Å². The van der Waals surface area contributed by atoms with E-state index < -0.39 is 0 Å². The van der Waals surface area contributed by atoms with Crippen LogP contribution in [0.5, 0.6) is 0 Å². The normalized spacial score (nSPS) is 17.3. The Morgan fingerprint density at radius 1 is 1.00 bits per heavy atom. The van der Waals surface area contributed by atoms with Crippen molar-refractivity contribution in [2.75, 3.05) is 36.4 Å². The summed E-state index contributed by atoms with van der Waals surface area (Å²) in [5.41, 5.74) is 3.71. The summed E-state index contributed by atoms with van der Waals surface area (Å²) in [6.07, 6.45) is 3.59. The van der Waals surface area contributed by atoms with Crippen molar-refractivity contribution in [3.05, 3.63) is 82.3 Å². The zero-order valence-electron chi connectivity index (χ0n) is 21.4. The molecule has 0 bridgehead atoms. The minimum Gasteiger partial charge on any atom is -0.327 e. The van der Waals surface area contributed by atoms with Gasteiger partial charge in [-0.2, -0.15) is 5.26 Å². The Morgan fingerprint density at radius 2 is 1.77 bits per heavy atom. The van der Waals surface area contributed by atoms with Crippen LogP contribution in [0.15, 0.2) is 66.7 Å². The predicted molar refractivity (Wildman–Crippen MR) is 155 cm³/mol. The molecule has 3 aromatic carbocycles. The van der Waals surface area contributed by atoms with Crippen LogP contribution in [0.25, 0.3) is 11.1 Å². The van der Waals surface area contributed by atoms with E-state index in [0.29, 0.717) is 40.8 Å². The van der Waals surface area contributed by atoms with Crippen LogP contribution in [-0.2, 0) is 4.79 Å². The monoisotopic (exact) mass is 561 g/mol. The zero-order valence-corrected chi connectivity index (χ0v) is 23.0. The fourth-order valence-corrected chi connectivity index (χ4v) is 5.93. The summed E-state index contributed by atoms with van der Waals surface area (Å²) in [6.45, 7) is 2.75. The number of hydrogen-bond acceptors (Lipinski definition) is 4. The molecule has 0 aliphatic carbocycles. The van der Waals surface area contributed by atoms with E-state index in [1.165, 1.54) is 0 Å². The third-order valence-corrected chi connectivity index (χ3v) is 7.71. The van der Waals surface area contributed by atoms with E-state index in [1.807, 2.05) is 47.4 Å². The molecule has 200 valence electrons. The maximum Gasteiger partial charge on any atom is 0.326 e. The van der Waals surface area contributed by atoms with Crippen LogP contribution >= 0.6 is 23.2 Å².